The minimum absolute atomic E-state index is 0.0238. The van der Waals surface area contributed by atoms with Crippen molar-refractivity contribution in [2.75, 3.05) is 32.3 Å². The van der Waals surface area contributed by atoms with Crippen molar-refractivity contribution in [1.29, 1.82) is 0 Å². The van der Waals surface area contributed by atoms with Crippen LogP contribution < -0.4 is 0 Å². The molecule has 0 N–H and O–H groups in total. The standard InChI is InChI=1S/C27H53ClO5Si3/c1-4-16-30-23(29)24(27(34)14-7-10-19-33-27,22-26(36(2)3)13-6-9-18-32-26)21-25(35-20-11-15-28)12-5-8-17-31-25/h36H,4-22,35H2,1-3,34H3. The van der Waals surface area contributed by atoms with Crippen molar-refractivity contribution in [3.05, 3.63) is 0 Å². The lowest BCUT2D eigenvalue weighted by atomic mass is 9.68. The van der Waals surface area contributed by atoms with Crippen LogP contribution in [0.2, 0.25) is 19.1 Å². The monoisotopic (exact) mass is 576 g/mol. The van der Waals surface area contributed by atoms with Crippen molar-refractivity contribution in [1.82, 2.24) is 0 Å². The van der Waals surface area contributed by atoms with Gasteiger partial charge >= 0.3 is 5.97 Å². The minimum Gasteiger partial charge on any atom is -0.465 e. The molecule has 210 valence electrons. The van der Waals surface area contributed by atoms with Crippen molar-refractivity contribution in [2.45, 2.75) is 125 Å². The Labute approximate surface area is 232 Å². The summed E-state index contributed by atoms with van der Waals surface area (Å²) >= 11 is 6.11. The molecule has 0 aromatic heterocycles. The number of ether oxygens (including phenoxy) is 4. The van der Waals surface area contributed by atoms with Crippen molar-refractivity contribution < 1.29 is 23.7 Å². The molecule has 3 fully saturated rings. The maximum atomic E-state index is 14.5. The number of halogens is 1. The number of carbonyl (C=O) groups is 1. The van der Waals surface area contributed by atoms with Crippen LogP contribution in [0.25, 0.3) is 0 Å². The molecular formula is C27H53ClO5Si3. The van der Waals surface area contributed by atoms with Gasteiger partial charge in [0.1, 0.15) is 0 Å². The summed E-state index contributed by atoms with van der Waals surface area (Å²) in [5.41, 5.74) is -0.700. The van der Waals surface area contributed by atoms with E-state index in [-0.39, 0.29) is 16.4 Å². The quantitative estimate of drug-likeness (QED) is 0.143. The third-order valence-electron chi connectivity index (χ3n) is 9.42. The number of carbonyl (C=O) groups excluding carboxylic acids is 1. The SMILES string of the molecule is CCCOC(=O)C(CC1([SiH2]CCCCl)CCCCO1)(CC1([SiH](C)C)CCCCO1)C1([SiH3])CCCCO1. The van der Waals surface area contributed by atoms with E-state index in [1.165, 1.54) is 18.9 Å². The van der Waals surface area contributed by atoms with Crippen molar-refractivity contribution in [3.63, 3.8) is 0 Å². The molecule has 4 atom stereocenters. The molecule has 3 aliphatic heterocycles. The first-order chi connectivity index (χ1) is 17.3. The minimum atomic E-state index is -1.26. The summed E-state index contributed by atoms with van der Waals surface area (Å²) in [6.45, 7) is 9.75. The first-order valence-corrected chi connectivity index (χ1v) is 21.0. The third kappa shape index (κ3) is 7.07. The maximum Gasteiger partial charge on any atom is 0.314 e. The zero-order chi connectivity index (χ0) is 26.1. The third-order valence-corrected chi connectivity index (χ3v) is 16.8. The van der Waals surface area contributed by atoms with Crippen LogP contribution in [0.3, 0.4) is 0 Å². The van der Waals surface area contributed by atoms with Crippen LogP contribution in [-0.4, -0.2) is 82.5 Å². The van der Waals surface area contributed by atoms with E-state index >= 15 is 0 Å². The molecule has 9 heteroatoms. The van der Waals surface area contributed by atoms with E-state index in [2.05, 4.69) is 20.0 Å². The fourth-order valence-corrected chi connectivity index (χ4v) is 13.2. The average molecular weight is 577 g/mol. The fraction of sp³-hybridized carbons (Fsp3) is 0.963. The molecule has 0 aliphatic carbocycles. The largest absolute Gasteiger partial charge is 0.465 e. The van der Waals surface area contributed by atoms with Crippen LogP contribution in [0.5, 0.6) is 0 Å². The van der Waals surface area contributed by atoms with Crippen LogP contribution in [0.15, 0.2) is 0 Å². The van der Waals surface area contributed by atoms with Crippen LogP contribution in [0.4, 0.5) is 0 Å². The van der Waals surface area contributed by atoms with Gasteiger partial charge < -0.3 is 18.9 Å². The second-order valence-electron chi connectivity index (χ2n) is 12.3. The van der Waals surface area contributed by atoms with Crippen molar-refractivity contribution >= 4 is 46.1 Å². The number of esters is 1. The summed E-state index contributed by atoms with van der Waals surface area (Å²) in [7, 11) is -1.06. The molecule has 0 saturated carbocycles. The number of rotatable bonds is 13. The number of hydrogen-bond donors (Lipinski definition) is 0. The number of alkyl halides is 1. The summed E-state index contributed by atoms with van der Waals surface area (Å²) in [6, 6.07) is 1.17. The predicted molar refractivity (Wildman–Crippen MR) is 158 cm³/mol. The Hall–Kier alpha value is 0.291. The molecule has 3 aliphatic rings. The Morgan fingerprint density at radius 1 is 1.00 bits per heavy atom. The molecule has 0 bridgehead atoms. The van der Waals surface area contributed by atoms with Gasteiger partial charge in [-0.15, -0.1) is 11.6 Å². The van der Waals surface area contributed by atoms with Gasteiger partial charge in [0.15, 0.2) is 0 Å². The molecule has 5 nitrogen and oxygen atoms in total. The van der Waals surface area contributed by atoms with Crippen LogP contribution in [0, 0.1) is 5.41 Å². The maximum absolute atomic E-state index is 14.5. The van der Waals surface area contributed by atoms with Gasteiger partial charge in [0.2, 0.25) is 0 Å². The molecule has 0 aromatic carbocycles. The first kappa shape index (κ1) is 30.8. The highest BCUT2D eigenvalue weighted by Gasteiger charge is 2.63. The van der Waals surface area contributed by atoms with E-state index in [0.717, 1.165) is 101 Å². The summed E-state index contributed by atoms with van der Waals surface area (Å²) in [6.07, 6.45) is 13.3. The molecule has 36 heavy (non-hydrogen) atoms. The smallest absolute Gasteiger partial charge is 0.314 e. The van der Waals surface area contributed by atoms with Gasteiger partial charge in [-0.05, 0) is 83.5 Å². The Bertz CT molecular complexity index is 676. The molecule has 3 heterocycles. The molecular weight excluding hydrogens is 524 g/mol. The summed E-state index contributed by atoms with van der Waals surface area (Å²) < 4.78 is 26.5. The molecule has 3 rings (SSSR count). The second-order valence-corrected chi connectivity index (χ2v) is 20.1. The average Bonchev–Trinajstić information content (AvgIpc) is 2.88. The molecule has 3 saturated heterocycles. The van der Waals surface area contributed by atoms with Gasteiger partial charge in [0.25, 0.3) is 0 Å². The fourth-order valence-electron chi connectivity index (χ4n) is 7.05. The molecule has 0 aromatic rings. The van der Waals surface area contributed by atoms with Crippen LogP contribution in [0.1, 0.15) is 90.4 Å². The highest BCUT2D eigenvalue weighted by atomic mass is 35.5. The summed E-state index contributed by atoms with van der Waals surface area (Å²) in [4.78, 5) is 14.5. The first-order valence-electron chi connectivity index (χ1n) is 14.9. The van der Waals surface area contributed by atoms with Gasteiger partial charge in [-0.2, -0.15) is 0 Å². The Morgan fingerprint density at radius 2 is 1.67 bits per heavy atom. The molecule has 0 radical (unpaired) electrons. The van der Waals surface area contributed by atoms with Crippen LogP contribution in [-0.2, 0) is 23.7 Å². The lowest BCUT2D eigenvalue weighted by Gasteiger charge is -2.56. The Kier molecular flexibility index (Phi) is 12.1. The molecule has 0 amide bonds. The Balaban J connectivity index is 2.11. The molecule has 0 spiro atoms. The van der Waals surface area contributed by atoms with Crippen molar-refractivity contribution in [3.8, 4) is 0 Å². The normalized spacial score (nSPS) is 33.7. The van der Waals surface area contributed by atoms with Gasteiger partial charge in [0, 0.05) is 35.9 Å². The van der Waals surface area contributed by atoms with E-state index in [9.17, 15) is 4.79 Å². The van der Waals surface area contributed by atoms with E-state index in [1.807, 2.05) is 0 Å². The predicted octanol–water partition coefficient (Wildman–Crippen LogP) is 4.05. The highest BCUT2D eigenvalue weighted by molar-refractivity contribution is 6.59. The number of hydrogen-bond acceptors (Lipinski definition) is 5. The van der Waals surface area contributed by atoms with E-state index < -0.39 is 29.0 Å². The lowest BCUT2D eigenvalue weighted by Crippen LogP contribution is -2.66. The van der Waals surface area contributed by atoms with Gasteiger partial charge in [-0.3, -0.25) is 4.79 Å². The zero-order valence-electron chi connectivity index (χ0n) is 23.6. The summed E-state index contributed by atoms with van der Waals surface area (Å²) in [5.74, 6) is 0.681. The van der Waals surface area contributed by atoms with E-state index in [4.69, 9.17) is 30.5 Å². The second kappa shape index (κ2) is 14.1. The van der Waals surface area contributed by atoms with Gasteiger partial charge in [0.05, 0.1) is 46.0 Å². The molecule has 4 unspecified atom stereocenters. The highest BCUT2D eigenvalue weighted by Crippen LogP contribution is 2.54. The van der Waals surface area contributed by atoms with Gasteiger partial charge in [-0.25, -0.2) is 0 Å². The van der Waals surface area contributed by atoms with E-state index in [1.54, 1.807) is 0 Å². The zero-order valence-corrected chi connectivity index (χ0v) is 29.0. The van der Waals surface area contributed by atoms with Crippen LogP contribution >= 0.6 is 11.6 Å². The lowest BCUT2D eigenvalue weighted by molar-refractivity contribution is -0.198. The topological polar surface area (TPSA) is 54.0 Å². The van der Waals surface area contributed by atoms with Gasteiger partial charge in [-0.1, -0.05) is 26.1 Å². The van der Waals surface area contributed by atoms with Crippen molar-refractivity contribution in [2.24, 2.45) is 5.41 Å². The van der Waals surface area contributed by atoms with E-state index in [0.29, 0.717) is 12.5 Å². The Morgan fingerprint density at radius 3 is 2.19 bits per heavy atom. The summed E-state index contributed by atoms with van der Waals surface area (Å²) in [5, 5.41) is -0.792.